The predicted molar refractivity (Wildman–Crippen MR) is 58.7 cm³/mol. The van der Waals surface area contributed by atoms with Crippen molar-refractivity contribution in [2.75, 3.05) is 13.7 Å². The second-order valence-corrected chi connectivity index (χ2v) is 3.50. The largest absolute Gasteiger partial charge is 0.475 e. The van der Waals surface area contributed by atoms with E-state index in [0.717, 1.165) is 5.56 Å². The molecule has 0 saturated heterocycles. The molecule has 0 aliphatic rings. The van der Waals surface area contributed by atoms with Gasteiger partial charge in [-0.25, -0.2) is 4.79 Å². The highest BCUT2D eigenvalue weighted by molar-refractivity contribution is 5.84. The average molecular weight is 241 g/mol. The van der Waals surface area contributed by atoms with Crippen molar-refractivity contribution >= 4 is 11.9 Å². The first-order valence-corrected chi connectivity index (χ1v) is 5.14. The van der Waals surface area contributed by atoms with Gasteiger partial charge in [-0.3, -0.25) is 4.79 Å². The number of hydrogen-bond acceptors (Lipinski definition) is 5. The number of carbonyl (C=O) groups excluding carboxylic acids is 1. The van der Waals surface area contributed by atoms with Gasteiger partial charge in [-0.05, 0) is 13.0 Å². The molecule has 0 aromatic carbocycles. The van der Waals surface area contributed by atoms with Crippen LogP contribution in [0.25, 0.3) is 0 Å². The molecule has 0 amide bonds. The van der Waals surface area contributed by atoms with Gasteiger partial charge in [0.15, 0.2) is 0 Å². The lowest BCUT2D eigenvalue weighted by atomic mass is 10.2. The molecule has 1 rings (SSSR count). The smallest absolute Gasteiger partial charge is 0.371 e. The Kier molecular flexibility index (Phi) is 4.71. The third-order valence-corrected chi connectivity index (χ3v) is 2.28. The molecule has 94 valence electrons. The van der Waals surface area contributed by atoms with Gasteiger partial charge >= 0.3 is 11.9 Å². The van der Waals surface area contributed by atoms with Crippen molar-refractivity contribution in [3.05, 3.63) is 23.2 Å². The van der Waals surface area contributed by atoms with Gasteiger partial charge in [0.05, 0.1) is 13.5 Å². The second-order valence-electron chi connectivity index (χ2n) is 3.50. The minimum atomic E-state index is -1.09. The Morgan fingerprint density at radius 3 is 2.76 bits per heavy atom. The monoisotopic (exact) mass is 241 g/mol. The van der Waals surface area contributed by atoms with Crippen LogP contribution in [-0.4, -0.2) is 30.7 Å². The summed E-state index contributed by atoms with van der Waals surface area (Å²) in [6, 6.07) is 1.48. The van der Waals surface area contributed by atoms with Crippen molar-refractivity contribution < 1.29 is 23.8 Å². The molecule has 0 aliphatic carbocycles. The molecule has 0 spiro atoms. The van der Waals surface area contributed by atoms with Crippen molar-refractivity contribution in [1.29, 1.82) is 0 Å². The number of rotatable bonds is 6. The van der Waals surface area contributed by atoms with Crippen LogP contribution in [-0.2, 0) is 16.1 Å². The fraction of sp³-hybridized carbons (Fsp3) is 0.455. The number of carboxylic acid groups (broad SMARTS) is 1. The fourth-order valence-electron chi connectivity index (χ4n) is 1.32. The molecule has 6 nitrogen and oxygen atoms in total. The Morgan fingerprint density at radius 1 is 1.53 bits per heavy atom. The minimum absolute atomic E-state index is 0.0766. The van der Waals surface area contributed by atoms with Crippen LogP contribution in [0.2, 0.25) is 0 Å². The fourth-order valence-corrected chi connectivity index (χ4v) is 1.32. The molecule has 0 fully saturated rings. The van der Waals surface area contributed by atoms with Gasteiger partial charge in [0.1, 0.15) is 5.76 Å². The maximum atomic E-state index is 10.8. The van der Waals surface area contributed by atoms with Crippen molar-refractivity contribution in [1.82, 2.24) is 5.32 Å². The number of ether oxygens (including phenoxy) is 1. The van der Waals surface area contributed by atoms with E-state index < -0.39 is 5.97 Å². The molecule has 0 saturated carbocycles. The summed E-state index contributed by atoms with van der Waals surface area (Å²) < 4.78 is 9.53. The van der Waals surface area contributed by atoms with Gasteiger partial charge < -0.3 is 19.6 Å². The highest BCUT2D eigenvalue weighted by atomic mass is 16.5. The Labute approximate surface area is 98.6 Å². The first-order chi connectivity index (χ1) is 8.04. The molecular weight excluding hydrogens is 226 g/mol. The lowest BCUT2D eigenvalue weighted by Gasteiger charge is -2.02. The standard InChI is InChI=1S/C11H15NO5/c1-7-8(5-9(17-7)11(14)15)6-12-4-3-10(13)16-2/h5,12H,3-4,6H2,1-2H3,(H,14,15). The number of methoxy groups -OCH3 is 1. The predicted octanol–water partition coefficient (Wildman–Crippen LogP) is 0.939. The van der Waals surface area contributed by atoms with Gasteiger partial charge in [-0.1, -0.05) is 0 Å². The maximum absolute atomic E-state index is 10.8. The van der Waals surface area contributed by atoms with Crippen molar-refractivity contribution in [2.24, 2.45) is 0 Å². The van der Waals surface area contributed by atoms with E-state index in [9.17, 15) is 9.59 Å². The molecule has 0 radical (unpaired) electrons. The molecule has 1 aromatic heterocycles. The number of aryl methyl sites for hydroxylation is 1. The molecule has 0 atom stereocenters. The lowest BCUT2D eigenvalue weighted by molar-refractivity contribution is -0.140. The summed E-state index contributed by atoms with van der Waals surface area (Å²) in [5, 5.41) is 11.7. The van der Waals surface area contributed by atoms with Crippen molar-refractivity contribution in [3.63, 3.8) is 0 Å². The zero-order valence-electron chi connectivity index (χ0n) is 9.78. The third kappa shape index (κ3) is 3.92. The summed E-state index contributed by atoms with van der Waals surface area (Å²) in [6.45, 7) is 2.63. The van der Waals surface area contributed by atoms with E-state index in [4.69, 9.17) is 9.52 Å². The highest BCUT2D eigenvalue weighted by Gasteiger charge is 2.12. The first kappa shape index (κ1) is 13.2. The van der Waals surface area contributed by atoms with Gasteiger partial charge in [-0.2, -0.15) is 0 Å². The zero-order chi connectivity index (χ0) is 12.8. The summed E-state index contributed by atoms with van der Waals surface area (Å²) in [7, 11) is 1.34. The van der Waals surface area contributed by atoms with E-state index in [0.29, 0.717) is 18.8 Å². The summed E-state index contributed by atoms with van der Waals surface area (Å²) in [4.78, 5) is 21.5. The Bertz CT molecular complexity index is 410. The summed E-state index contributed by atoms with van der Waals surface area (Å²) in [6.07, 6.45) is 0.277. The minimum Gasteiger partial charge on any atom is -0.475 e. The first-order valence-electron chi connectivity index (χ1n) is 5.14. The van der Waals surface area contributed by atoms with Crippen molar-refractivity contribution in [2.45, 2.75) is 19.9 Å². The van der Waals surface area contributed by atoms with Crippen LogP contribution >= 0.6 is 0 Å². The second kappa shape index (κ2) is 6.05. The van der Waals surface area contributed by atoms with Crippen molar-refractivity contribution in [3.8, 4) is 0 Å². The van der Waals surface area contributed by atoms with Gasteiger partial charge in [0, 0.05) is 18.7 Å². The number of furan rings is 1. The van der Waals surface area contributed by atoms with E-state index in [1.165, 1.54) is 13.2 Å². The Balaban J connectivity index is 2.41. The van der Waals surface area contributed by atoms with Crippen LogP contribution in [0.5, 0.6) is 0 Å². The van der Waals surface area contributed by atoms with Crippen LogP contribution in [0.15, 0.2) is 10.5 Å². The van der Waals surface area contributed by atoms with Crippen LogP contribution in [0.4, 0.5) is 0 Å². The van der Waals surface area contributed by atoms with Gasteiger partial charge in [0.25, 0.3) is 0 Å². The Hall–Kier alpha value is -1.82. The van der Waals surface area contributed by atoms with Gasteiger partial charge in [0.2, 0.25) is 5.76 Å². The topological polar surface area (TPSA) is 88.8 Å². The number of hydrogen-bond donors (Lipinski definition) is 2. The van der Waals surface area contributed by atoms with Crippen LogP contribution < -0.4 is 5.32 Å². The maximum Gasteiger partial charge on any atom is 0.371 e. The normalized spacial score (nSPS) is 10.2. The molecule has 2 N–H and O–H groups in total. The number of carbonyl (C=O) groups is 2. The quantitative estimate of drug-likeness (QED) is 0.569. The summed E-state index contributed by atoms with van der Waals surface area (Å²) in [5.41, 5.74) is 0.771. The van der Waals surface area contributed by atoms with Crippen LogP contribution in [0.1, 0.15) is 28.3 Å². The molecule has 17 heavy (non-hydrogen) atoms. The van der Waals surface area contributed by atoms with E-state index in [1.54, 1.807) is 6.92 Å². The SMILES string of the molecule is COC(=O)CCNCc1cc(C(=O)O)oc1C. The number of carboxylic acids is 1. The average Bonchev–Trinajstić information content (AvgIpc) is 2.66. The molecule has 1 heterocycles. The van der Waals surface area contributed by atoms with Crippen LogP contribution in [0.3, 0.4) is 0 Å². The third-order valence-electron chi connectivity index (χ3n) is 2.28. The molecule has 0 bridgehead atoms. The molecule has 0 aliphatic heterocycles. The molecule has 1 aromatic rings. The Morgan fingerprint density at radius 2 is 2.24 bits per heavy atom. The summed E-state index contributed by atoms with van der Waals surface area (Å²) in [5.74, 6) is -0.887. The van der Waals surface area contributed by atoms with Crippen LogP contribution in [0, 0.1) is 6.92 Å². The number of nitrogens with one attached hydrogen (secondary N) is 1. The van der Waals surface area contributed by atoms with E-state index in [-0.39, 0.29) is 18.2 Å². The lowest BCUT2D eigenvalue weighted by Crippen LogP contribution is -2.18. The highest BCUT2D eigenvalue weighted by Crippen LogP contribution is 2.14. The molecule has 0 unspecified atom stereocenters. The van der Waals surface area contributed by atoms with E-state index in [1.807, 2.05) is 0 Å². The number of esters is 1. The zero-order valence-corrected chi connectivity index (χ0v) is 9.78. The molecule has 6 heteroatoms. The number of aromatic carboxylic acids is 1. The van der Waals surface area contributed by atoms with E-state index in [2.05, 4.69) is 10.1 Å². The van der Waals surface area contributed by atoms with E-state index >= 15 is 0 Å². The summed E-state index contributed by atoms with van der Waals surface area (Å²) >= 11 is 0. The molecular formula is C11H15NO5. The van der Waals surface area contributed by atoms with Gasteiger partial charge in [-0.15, -0.1) is 0 Å².